The number of rotatable bonds is 12. The van der Waals surface area contributed by atoms with Crippen LogP contribution in [-0.2, 0) is 0 Å². The summed E-state index contributed by atoms with van der Waals surface area (Å²) in [7, 11) is 0. The Morgan fingerprint density at radius 3 is 0.565 bits per heavy atom. The summed E-state index contributed by atoms with van der Waals surface area (Å²) >= 11 is 0. The van der Waals surface area contributed by atoms with E-state index in [0.29, 0.717) is 5.56 Å². The van der Waals surface area contributed by atoms with Crippen molar-refractivity contribution in [2.24, 2.45) is 0 Å². The molecule has 6 heteroatoms. The fourth-order valence-corrected chi connectivity index (χ4v) is 18.7. The first kappa shape index (κ1) is 65.3. The highest BCUT2D eigenvalue weighted by atomic mass is 15.2. The smallest absolute Gasteiger partial charge is 0.0991 e. The summed E-state index contributed by atoms with van der Waals surface area (Å²) in [6.07, 6.45) is 0. The zero-order valence-corrected chi connectivity index (χ0v) is 62.4. The molecule has 6 nitrogen and oxygen atoms in total. The first-order valence-corrected chi connectivity index (χ1v) is 39.4. The Labute approximate surface area is 663 Å². The maximum atomic E-state index is 11.2. The van der Waals surface area contributed by atoms with E-state index < -0.39 is 0 Å². The molecule has 5 heterocycles. The van der Waals surface area contributed by atoms with Crippen molar-refractivity contribution in [1.29, 1.82) is 5.26 Å². The van der Waals surface area contributed by atoms with E-state index in [9.17, 15) is 5.26 Å². The highest BCUT2D eigenvalue weighted by molar-refractivity contribution is 6.21. The monoisotopic (exact) mass is 1460 g/mol. The zero-order valence-electron chi connectivity index (χ0n) is 62.4. The Morgan fingerprint density at radius 2 is 0.330 bits per heavy atom. The van der Waals surface area contributed by atoms with Crippen molar-refractivity contribution in [3.8, 4) is 112 Å². The van der Waals surface area contributed by atoms with Gasteiger partial charge in [-0.15, -0.1) is 0 Å². The van der Waals surface area contributed by atoms with Crippen LogP contribution in [0.1, 0.15) is 5.56 Å². The SMILES string of the molecule is N#Cc1ccc(-c2c(-n3c4cc(-c5ccccc5)ccc4c4ccc(-c5ccccc5)cc43)c(-n3c4ccccc4c4ccccc43)c(-n3c4cc(-c5ccccc5)ccc4c4ccc(-c5ccccc5)cc43)c(-n3c4ccccc4c4ccccc43)c2-n2c3cc(-c4ccccc4)ccc3c3ccc(-c4ccccc4)cc32)cc1. The molecule has 23 aromatic rings. The molecule has 0 unspecified atom stereocenters. The second-order valence-electron chi connectivity index (χ2n) is 30.1. The van der Waals surface area contributed by atoms with Gasteiger partial charge >= 0.3 is 0 Å². The van der Waals surface area contributed by atoms with Crippen LogP contribution in [-0.4, -0.2) is 22.8 Å². The maximum absolute atomic E-state index is 11.2. The normalized spacial score (nSPS) is 11.8. The van der Waals surface area contributed by atoms with Crippen LogP contribution in [0.3, 0.4) is 0 Å². The summed E-state index contributed by atoms with van der Waals surface area (Å²) in [6, 6.07) is 155. The predicted molar refractivity (Wildman–Crippen MR) is 481 cm³/mol. The molecule has 5 aromatic heterocycles. The quantitative estimate of drug-likeness (QED) is 0.120. The molecule has 0 saturated carbocycles. The van der Waals surface area contributed by atoms with Crippen molar-refractivity contribution in [2.45, 2.75) is 0 Å². The average Bonchev–Trinajstić information content (AvgIpc) is 1.56. The maximum Gasteiger partial charge on any atom is 0.0991 e. The molecule has 0 atom stereocenters. The molecule has 0 fully saturated rings. The van der Waals surface area contributed by atoms with Crippen molar-refractivity contribution in [3.05, 3.63) is 418 Å². The molecule has 0 aliphatic carbocycles. The van der Waals surface area contributed by atoms with Gasteiger partial charge in [-0.1, -0.05) is 340 Å². The number of nitriles is 1. The van der Waals surface area contributed by atoms with E-state index in [1.54, 1.807) is 0 Å². The lowest BCUT2D eigenvalue weighted by atomic mass is 9.94. The zero-order chi connectivity index (χ0) is 75.8. The fraction of sp³-hybridized carbons (Fsp3) is 0. The number of nitrogens with zero attached hydrogens (tertiary/aromatic N) is 6. The molecule has 0 aliphatic rings. The lowest BCUT2D eigenvalue weighted by Gasteiger charge is -2.32. The van der Waals surface area contributed by atoms with Gasteiger partial charge in [-0.25, -0.2) is 0 Å². The molecule has 0 aliphatic heterocycles. The van der Waals surface area contributed by atoms with Crippen LogP contribution in [0.25, 0.3) is 215 Å². The van der Waals surface area contributed by atoms with Gasteiger partial charge in [-0.05, 0) is 145 Å². The van der Waals surface area contributed by atoms with E-state index >= 15 is 0 Å². The Morgan fingerprint density at radius 1 is 0.148 bits per heavy atom. The number of hydrogen-bond acceptors (Lipinski definition) is 1. The summed E-state index contributed by atoms with van der Waals surface area (Å²) in [5.74, 6) is 0. The van der Waals surface area contributed by atoms with Crippen LogP contribution in [0.4, 0.5) is 0 Å². The van der Waals surface area contributed by atoms with E-state index in [1.807, 2.05) is 12.1 Å². The number of fused-ring (bicyclic) bond motifs is 15. The van der Waals surface area contributed by atoms with Crippen molar-refractivity contribution in [2.75, 3.05) is 0 Å². The third kappa shape index (κ3) is 10.3. The molecule has 0 bridgehead atoms. The summed E-state index contributed by atoms with van der Waals surface area (Å²) in [5, 5.41) is 22.3. The number of hydrogen-bond donors (Lipinski definition) is 0. The molecule has 0 spiro atoms. The first-order valence-electron chi connectivity index (χ1n) is 39.4. The van der Waals surface area contributed by atoms with Crippen molar-refractivity contribution < 1.29 is 0 Å². The van der Waals surface area contributed by atoms with E-state index in [4.69, 9.17) is 0 Å². The van der Waals surface area contributed by atoms with E-state index in [2.05, 4.69) is 429 Å². The molecule has 0 saturated heterocycles. The highest BCUT2D eigenvalue weighted by Crippen LogP contribution is 2.56. The third-order valence-corrected chi connectivity index (χ3v) is 23.9. The van der Waals surface area contributed by atoms with Crippen LogP contribution < -0.4 is 0 Å². The minimum Gasteiger partial charge on any atom is -0.306 e. The van der Waals surface area contributed by atoms with Gasteiger partial charge in [0.05, 0.1) is 95.2 Å². The summed E-state index contributed by atoms with van der Waals surface area (Å²) in [5.41, 5.74) is 30.3. The molecular weight excluding hydrogens is 1390 g/mol. The average molecular weight is 1460 g/mol. The molecule has 115 heavy (non-hydrogen) atoms. The van der Waals surface area contributed by atoms with Crippen molar-refractivity contribution in [1.82, 2.24) is 22.8 Å². The predicted octanol–water partition coefficient (Wildman–Crippen LogP) is 28.7. The van der Waals surface area contributed by atoms with Gasteiger partial charge in [-0.3, -0.25) is 0 Å². The molecule has 18 aromatic carbocycles. The van der Waals surface area contributed by atoms with Crippen molar-refractivity contribution >= 4 is 109 Å². The van der Waals surface area contributed by atoms with Gasteiger partial charge in [0, 0.05) is 59.4 Å². The van der Waals surface area contributed by atoms with E-state index in [-0.39, 0.29) is 0 Å². The van der Waals surface area contributed by atoms with Gasteiger partial charge in [-0.2, -0.15) is 5.26 Å². The molecule has 534 valence electrons. The minimum absolute atomic E-state index is 0.552. The lowest BCUT2D eigenvalue weighted by molar-refractivity contribution is 1.00. The van der Waals surface area contributed by atoms with Crippen LogP contribution in [0.5, 0.6) is 0 Å². The van der Waals surface area contributed by atoms with Gasteiger partial charge in [0.15, 0.2) is 0 Å². The number of benzene rings is 18. The van der Waals surface area contributed by atoms with Crippen LogP contribution in [0.15, 0.2) is 413 Å². The molecule has 0 N–H and O–H groups in total. The Balaban J connectivity index is 1.09. The van der Waals surface area contributed by atoms with Crippen LogP contribution >= 0.6 is 0 Å². The molecule has 23 rings (SSSR count). The molecule has 0 amide bonds. The summed E-state index contributed by atoms with van der Waals surface area (Å²) in [4.78, 5) is 0. The fourth-order valence-electron chi connectivity index (χ4n) is 18.7. The van der Waals surface area contributed by atoms with Gasteiger partial charge < -0.3 is 22.8 Å². The molecule has 0 radical (unpaired) electrons. The van der Waals surface area contributed by atoms with Gasteiger partial charge in [0.2, 0.25) is 0 Å². The lowest BCUT2D eigenvalue weighted by Crippen LogP contribution is -2.18. The number of aromatic nitrogens is 5. The topological polar surface area (TPSA) is 48.4 Å². The largest absolute Gasteiger partial charge is 0.306 e. The molecular formula is C109H68N6. The number of para-hydroxylation sites is 4. The minimum atomic E-state index is 0.552. The first-order chi connectivity index (χ1) is 57.0. The highest BCUT2D eigenvalue weighted by Gasteiger charge is 2.38. The summed E-state index contributed by atoms with van der Waals surface area (Å²) in [6.45, 7) is 0. The second kappa shape index (κ2) is 26.3. The van der Waals surface area contributed by atoms with E-state index in [1.165, 1.54) is 0 Å². The van der Waals surface area contributed by atoms with Gasteiger partial charge in [0.1, 0.15) is 0 Å². The Kier molecular flexibility index (Phi) is 15.0. The Bertz CT molecular complexity index is 7180. The second-order valence-corrected chi connectivity index (χ2v) is 30.1. The third-order valence-electron chi connectivity index (χ3n) is 23.9. The van der Waals surface area contributed by atoms with Crippen LogP contribution in [0.2, 0.25) is 0 Å². The van der Waals surface area contributed by atoms with E-state index in [0.717, 1.165) is 215 Å². The Hall–Kier alpha value is -15.6. The van der Waals surface area contributed by atoms with Gasteiger partial charge in [0.25, 0.3) is 0 Å². The van der Waals surface area contributed by atoms with Crippen LogP contribution in [0, 0.1) is 11.3 Å². The van der Waals surface area contributed by atoms with Crippen molar-refractivity contribution in [3.63, 3.8) is 0 Å². The standard InChI is InChI=1S/C109H68N6/c110-69-70-47-49-77(50-48-70)104-105(113-98-63-78(71-27-7-1-8-28-71)51-57-88(98)89-58-52-79(64-99(89)113)72-29-9-2-10-30-72)107(111-94-43-23-19-39-84(94)85-40-20-24-44-95(85)111)109(115-102-67-82(75-35-15-5-16-36-75)55-61-92(102)93-62-56-83(68-103(93)115)76-37-17-6-18-38-76)108(112-96-45-25-21-41-86(96)87-42-22-26-46-97(87)112)106(104)114-100-65-80(73-31-11-3-12-32-73)53-59-90(100)91-60-54-81(66-101(91)114)74-33-13-4-14-34-74/h1-68H. The summed E-state index contributed by atoms with van der Waals surface area (Å²) < 4.78 is 13.3.